The number of carbonyl (C=O) groups excluding carboxylic acids is 1. The number of nitrogens with one attached hydrogen (secondary N) is 1. The van der Waals surface area contributed by atoms with Crippen molar-refractivity contribution in [2.75, 3.05) is 5.32 Å². The van der Waals surface area contributed by atoms with E-state index in [4.69, 9.17) is 0 Å². The summed E-state index contributed by atoms with van der Waals surface area (Å²) in [6.45, 7) is 1.97. The summed E-state index contributed by atoms with van der Waals surface area (Å²) in [5, 5.41) is 13.4. The third kappa shape index (κ3) is 2.56. The number of aryl methyl sites for hydroxylation is 1. The fourth-order valence-electron chi connectivity index (χ4n) is 2.17. The van der Waals surface area contributed by atoms with Gasteiger partial charge in [-0.3, -0.25) is 9.78 Å². The summed E-state index contributed by atoms with van der Waals surface area (Å²) < 4.78 is 0. The van der Waals surface area contributed by atoms with Crippen molar-refractivity contribution in [3.05, 3.63) is 65.9 Å². The molecule has 0 saturated carbocycles. The SMILES string of the molecule is Cc1ccc(C(=O)Nc2ccc(O)c3ncccc23)cc1. The summed E-state index contributed by atoms with van der Waals surface area (Å²) in [5.41, 5.74) is 2.79. The van der Waals surface area contributed by atoms with E-state index in [9.17, 15) is 9.90 Å². The zero-order valence-electron chi connectivity index (χ0n) is 11.5. The van der Waals surface area contributed by atoms with Gasteiger partial charge in [-0.2, -0.15) is 0 Å². The van der Waals surface area contributed by atoms with Gasteiger partial charge in [0.25, 0.3) is 5.91 Å². The van der Waals surface area contributed by atoms with Crippen LogP contribution in [-0.4, -0.2) is 16.0 Å². The van der Waals surface area contributed by atoms with Crippen LogP contribution in [0.25, 0.3) is 10.9 Å². The average Bonchev–Trinajstić information content (AvgIpc) is 2.51. The third-order valence-electron chi connectivity index (χ3n) is 3.31. The van der Waals surface area contributed by atoms with Crippen molar-refractivity contribution in [2.24, 2.45) is 0 Å². The van der Waals surface area contributed by atoms with Crippen LogP contribution in [0.3, 0.4) is 0 Å². The molecule has 4 heteroatoms. The molecule has 2 aromatic carbocycles. The molecule has 2 N–H and O–H groups in total. The first kappa shape index (κ1) is 13.1. The van der Waals surface area contributed by atoms with E-state index >= 15 is 0 Å². The molecule has 0 spiro atoms. The lowest BCUT2D eigenvalue weighted by Crippen LogP contribution is -2.12. The number of benzene rings is 2. The van der Waals surface area contributed by atoms with Crippen molar-refractivity contribution < 1.29 is 9.90 Å². The molecular formula is C17H14N2O2. The number of aromatic nitrogens is 1. The molecule has 0 radical (unpaired) electrons. The number of fused-ring (bicyclic) bond motifs is 1. The van der Waals surface area contributed by atoms with E-state index in [2.05, 4.69) is 10.3 Å². The largest absolute Gasteiger partial charge is 0.506 e. The minimum atomic E-state index is -0.189. The number of phenols is 1. The molecule has 0 aliphatic heterocycles. The summed E-state index contributed by atoms with van der Waals surface area (Å²) in [6.07, 6.45) is 1.60. The molecular weight excluding hydrogens is 264 g/mol. The number of amides is 1. The molecule has 4 nitrogen and oxygen atoms in total. The Morgan fingerprint density at radius 2 is 1.86 bits per heavy atom. The number of phenolic OH excluding ortho intramolecular Hbond substituents is 1. The second-order valence-corrected chi connectivity index (χ2v) is 4.85. The van der Waals surface area contributed by atoms with Crippen molar-refractivity contribution >= 4 is 22.5 Å². The number of aromatic hydroxyl groups is 1. The van der Waals surface area contributed by atoms with Crippen molar-refractivity contribution in [3.8, 4) is 5.75 Å². The van der Waals surface area contributed by atoms with Crippen LogP contribution in [0, 0.1) is 6.92 Å². The number of hydrogen-bond donors (Lipinski definition) is 2. The van der Waals surface area contributed by atoms with Gasteiger partial charge in [0.2, 0.25) is 0 Å². The molecule has 21 heavy (non-hydrogen) atoms. The van der Waals surface area contributed by atoms with Crippen LogP contribution in [0.2, 0.25) is 0 Å². The average molecular weight is 278 g/mol. The van der Waals surface area contributed by atoms with Crippen LogP contribution >= 0.6 is 0 Å². The minimum absolute atomic E-state index is 0.0962. The maximum atomic E-state index is 12.3. The van der Waals surface area contributed by atoms with Crippen molar-refractivity contribution in [1.82, 2.24) is 4.98 Å². The molecule has 0 aliphatic rings. The van der Waals surface area contributed by atoms with Gasteiger partial charge in [-0.25, -0.2) is 0 Å². The Bertz CT molecular complexity index is 811. The molecule has 1 heterocycles. The quantitative estimate of drug-likeness (QED) is 0.705. The monoisotopic (exact) mass is 278 g/mol. The fourth-order valence-corrected chi connectivity index (χ4v) is 2.17. The van der Waals surface area contributed by atoms with Gasteiger partial charge < -0.3 is 10.4 Å². The van der Waals surface area contributed by atoms with E-state index < -0.39 is 0 Å². The van der Waals surface area contributed by atoms with Gasteiger partial charge in [0.1, 0.15) is 11.3 Å². The molecule has 0 unspecified atom stereocenters. The first-order valence-electron chi connectivity index (χ1n) is 6.60. The second-order valence-electron chi connectivity index (χ2n) is 4.85. The Morgan fingerprint density at radius 3 is 2.62 bits per heavy atom. The molecule has 0 fully saturated rings. The van der Waals surface area contributed by atoms with Gasteiger partial charge in [0.15, 0.2) is 0 Å². The Kier molecular flexibility index (Phi) is 3.28. The van der Waals surface area contributed by atoms with Crippen molar-refractivity contribution in [2.45, 2.75) is 6.92 Å². The highest BCUT2D eigenvalue weighted by molar-refractivity contribution is 6.09. The van der Waals surface area contributed by atoms with Gasteiger partial charge in [-0.15, -0.1) is 0 Å². The lowest BCUT2D eigenvalue weighted by Gasteiger charge is -2.09. The Hall–Kier alpha value is -2.88. The van der Waals surface area contributed by atoms with Gasteiger partial charge in [0, 0.05) is 17.1 Å². The number of nitrogens with zero attached hydrogens (tertiary/aromatic N) is 1. The van der Waals surface area contributed by atoms with Crippen LogP contribution < -0.4 is 5.32 Å². The molecule has 1 amide bonds. The van der Waals surface area contributed by atoms with Crippen LogP contribution in [0.5, 0.6) is 5.75 Å². The molecule has 104 valence electrons. The Labute approximate surface area is 122 Å². The normalized spacial score (nSPS) is 10.5. The third-order valence-corrected chi connectivity index (χ3v) is 3.31. The maximum Gasteiger partial charge on any atom is 0.255 e. The van der Waals surface area contributed by atoms with Crippen molar-refractivity contribution in [3.63, 3.8) is 0 Å². The number of anilines is 1. The molecule has 3 aromatic rings. The van der Waals surface area contributed by atoms with E-state index in [1.165, 1.54) is 6.07 Å². The van der Waals surface area contributed by atoms with E-state index in [-0.39, 0.29) is 11.7 Å². The van der Waals surface area contributed by atoms with E-state index in [1.54, 1.807) is 30.5 Å². The van der Waals surface area contributed by atoms with Gasteiger partial charge in [-0.1, -0.05) is 17.7 Å². The van der Waals surface area contributed by atoms with Crippen LogP contribution in [-0.2, 0) is 0 Å². The number of carbonyl (C=O) groups is 1. The van der Waals surface area contributed by atoms with Crippen molar-refractivity contribution in [1.29, 1.82) is 0 Å². The first-order chi connectivity index (χ1) is 10.1. The predicted molar refractivity (Wildman–Crippen MR) is 82.5 cm³/mol. The molecule has 0 bridgehead atoms. The highest BCUT2D eigenvalue weighted by atomic mass is 16.3. The second kappa shape index (κ2) is 5.25. The smallest absolute Gasteiger partial charge is 0.255 e. The molecule has 3 rings (SSSR count). The molecule has 0 aliphatic carbocycles. The standard InChI is InChI=1S/C17H14N2O2/c1-11-4-6-12(7-5-11)17(21)19-14-8-9-15(20)16-13(14)3-2-10-18-16/h2-10,20H,1H3,(H,19,21). The van der Waals surface area contributed by atoms with Crippen LogP contribution in [0.4, 0.5) is 5.69 Å². The summed E-state index contributed by atoms with van der Waals surface area (Å²) in [6, 6.07) is 14.1. The molecule has 1 aromatic heterocycles. The van der Waals surface area contributed by atoms with E-state index in [1.807, 2.05) is 25.1 Å². The summed E-state index contributed by atoms with van der Waals surface area (Å²) in [5.74, 6) is -0.0928. The first-order valence-corrected chi connectivity index (χ1v) is 6.60. The summed E-state index contributed by atoms with van der Waals surface area (Å²) >= 11 is 0. The Balaban J connectivity index is 1.97. The summed E-state index contributed by atoms with van der Waals surface area (Å²) in [7, 11) is 0. The number of pyridine rings is 1. The highest BCUT2D eigenvalue weighted by Gasteiger charge is 2.10. The zero-order valence-corrected chi connectivity index (χ0v) is 11.5. The maximum absolute atomic E-state index is 12.3. The predicted octanol–water partition coefficient (Wildman–Crippen LogP) is 3.50. The molecule has 0 saturated heterocycles. The Morgan fingerprint density at radius 1 is 1.10 bits per heavy atom. The fraction of sp³-hybridized carbons (Fsp3) is 0.0588. The topological polar surface area (TPSA) is 62.2 Å². The summed E-state index contributed by atoms with van der Waals surface area (Å²) in [4.78, 5) is 16.4. The highest BCUT2D eigenvalue weighted by Crippen LogP contribution is 2.29. The number of rotatable bonds is 2. The zero-order chi connectivity index (χ0) is 14.8. The van der Waals surface area contributed by atoms with Crippen LogP contribution in [0.1, 0.15) is 15.9 Å². The molecule has 0 atom stereocenters. The lowest BCUT2D eigenvalue weighted by molar-refractivity contribution is 0.102. The van der Waals surface area contributed by atoms with E-state index in [0.717, 1.165) is 5.56 Å². The van der Waals surface area contributed by atoms with Gasteiger partial charge >= 0.3 is 0 Å². The van der Waals surface area contributed by atoms with Gasteiger partial charge in [-0.05, 0) is 43.3 Å². The van der Waals surface area contributed by atoms with Crippen LogP contribution in [0.15, 0.2) is 54.7 Å². The lowest BCUT2D eigenvalue weighted by atomic mass is 10.1. The number of hydrogen-bond acceptors (Lipinski definition) is 3. The van der Waals surface area contributed by atoms with E-state index in [0.29, 0.717) is 22.2 Å². The minimum Gasteiger partial charge on any atom is -0.506 e. The van der Waals surface area contributed by atoms with Gasteiger partial charge in [0.05, 0.1) is 5.69 Å².